The van der Waals surface area contributed by atoms with Crippen LogP contribution in [0, 0.1) is 0 Å². The van der Waals surface area contributed by atoms with Gasteiger partial charge in [-0.1, -0.05) is 18.2 Å². The number of amides is 2. The summed E-state index contributed by atoms with van der Waals surface area (Å²) >= 11 is 0. The highest BCUT2D eigenvalue weighted by atomic mass is 16.2. The van der Waals surface area contributed by atoms with E-state index in [0.717, 1.165) is 37.4 Å². The molecule has 0 saturated carbocycles. The van der Waals surface area contributed by atoms with E-state index in [1.807, 2.05) is 29.2 Å². The molecule has 1 aromatic rings. The highest BCUT2D eigenvalue weighted by molar-refractivity contribution is 6.01. The number of hydrogen-bond donors (Lipinski definition) is 1. The number of para-hydroxylation sites is 1. The van der Waals surface area contributed by atoms with Crippen molar-refractivity contribution in [3.05, 3.63) is 29.8 Å². The molecule has 1 fully saturated rings. The number of carbonyl (C=O) groups excluding carboxylic acids is 2. The first-order chi connectivity index (χ1) is 9.65. The Morgan fingerprint density at radius 1 is 1.20 bits per heavy atom. The van der Waals surface area contributed by atoms with Crippen LogP contribution in [0.2, 0.25) is 0 Å². The smallest absolute Gasteiger partial charge is 0.230 e. The van der Waals surface area contributed by atoms with Crippen molar-refractivity contribution in [2.75, 3.05) is 38.5 Å². The molecule has 2 heterocycles. The number of rotatable bonds is 1. The lowest BCUT2D eigenvalue weighted by molar-refractivity contribution is -0.136. The Kier molecular flexibility index (Phi) is 3.44. The first-order valence-corrected chi connectivity index (χ1v) is 7.01. The SMILES string of the molecule is CN1CCN(C(=O)C2CC(=O)Nc3ccccc32)CC1. The van der Waals surface area contributed by atoms with Crippen molar-refractivity contribution in [2.24, 2.45) is 0 Å². The van der Waals surface area contributed by atoms with Crippen LogP contribution >= 0.6 is 0 Å². The molecule has 0 aliphatic carbocycles. The number of piperazine rings is 1. The number of benzene rings is 1. The van der Waals surface area contributed by atoms with Gasteiger partial charge in [0.05, 0.1) is 5.92 Å². The molecule has 1 saturated heterocycles. The van der Waals surface area contributed by atoms with Crippen LogP contribution in [0.25, 0.3) is 0 Å². The lowest BCUT2D eigenvalue weighted by atomic mass is 9.89. The largest absolute Gasteiger partial charge is 0.340 e. The molecule has 106 valence electrons. The van der Waals surface area contributed by atoms with Gasteiger partial charge in [-0.25, -0.2) is 0 Å². The van der Waals surface area contributed by atoms with Gasteiger partial charge in [-0.2, -0.15) is 0 Å². The zero-order valence-corrected chi connectivity index (χ0v) is 11.6. The number of carbonyl (C=O) groups is 2. The van der Waals surface area contributed by atoms with Gasteiger partial charge in [-0.3, -0.25) is 9.59 Å². The maximum atomic E-state index is 12.7. The van der Waals surface area contributed by atoms with Gasteiger partial charge in [0, 0.05) is 38.3 Å². The zero-order valence-electron chi connectivity index (χ0n) is 11.6. The Bertz CT molecular complexity index is 536. The van der Waals surface area contributed by atoms with Crippen LogP contribution in [0.15, 0.2) is 24.3 Å². The van der Waals surface area contributed by atoms with Crippen LogP contribution in [0.5, 0.6) is 0 Å². The predicted octanol–water partition coefficient (Wildman–Crippen LogP) is 0.886. The van der Waals surface area contributed by atoms with Gasteiger partial charge in [-0.05, 0) is 18.7 Å². The van der Waals surface area contributed by atoms with Crippen molar-refractivity contribution in [1.82, 2.24) is 9.80 Å². The average molecular weight is 273 g/mol. The monoisotopic (exact) mass is 273 g/mol. The molecule has 3 rings (SSSR count). The summed E-state index contributed by atoms with van der Waals surface area (Å²) < 4.78 is 0. The summed E-state index contributed by atoms with van der Waals surface area (Å²) in [5, 5.41) is 2.84. The van der Waals surface area contributed by atoms with Gasteiger partial charge in [0.25, 0.3) is 0 Å². The van der Waals surface area contributed by atoms with Crippen molar-refractivity contribution in [3.8, 4) is 0 Å². The molecule has 2 aliphatic heterocycles. The van der Waals surface area contributed by atoms with Gasteiger partial charge in [0.1, 0.15) is 0 Å². The van der Waals surface area contributed by atoms with Gasteiger partial charge in [0.15, 0.2) is 0 Å². The molecule has 0 spiro atoms. The van der Waals surface area contributed by atoms with Crippen LogP contribution in [-0.2, 0) is 9.59 Å². The lowest BCUT2D eigenvalue weighted by Gasteiger charge is -2.36. The molecule has 2 aliphatic rings. The Morgan fingerprint density at radius 2 is 1.90 bits per heavy atom. The van der Waals surface area contributed by atoms with Crippen LogP contribution in [-0.4, -0.2) is 54.8 Å². The Morgan fingerprint density at radius 3 is 2.65 bits per heavy atom. The van der Waals surface area contributed by atoms with Crippen LogP contribution in [0.1, 0.15) is 17.9 Å². The van der Waals surface area contributed by atoms with E-state index in [1.165, 1.54) is 0 Å². The van der Waals surface area contributed by atoms with Crippen molar-refractivity contribution in [3.63, 3.8) is 0 Å². The molecule has 1 atom stereocenters. The standard InChI is InChI=1S/C15H19N3O2/c1-17-6-8-18(9-7-17)15(20)12-10-14(19)16-13-5-3-2-4-11(12)13/h2-5,12H,6-10H2,1H3,(H,16,19). The van der Waals surface area contributed by atoms with Crippen molar-refractivity contribution < 1.29 is 9.59 Å². The molecule has 1 N–H and O–H groups in total. The molecule has 0 aromatic heterocycles. The number of likely N-dealkylation sites (N-methyl/N-ethyl adjacent to an activating group) is 1. The van der Waals surface area contributed by atoms with Gasteiger partial charge in [0.2, 0.25) is 11.8 Å². The van der Waals surface area contributed by atoms with E-state index >= 15 is 0 Å². The van der Waals surface area contributed by atoms with Crippen molar-refractivity contribution in [2.45, 2.75) is 12.3 Å². The van der Waals surface area contributed by atoms with E-state index in [2.05, 4.69) is 17.3 Å². The maximum Gasteiger partial charge on any atom is 0.230 e. The topological polar surface area (TPSA) is 52.7 Å². The summed E-state index contributed by atoms with van der Waals surface area (Å²) in [5.74, 6) is -0.320. The van der Waals surface area contributed by atoms with Crippen LogP contribution < -0.4 is 5.32 Å². The second kappa shape index (κ2) is 5.25. The van der Waals surface area contributed by atoms with Crippen molar-refractivity contribution in [1.29, 1.82) is 0 Å². The van der Waals surface area contributed by atoms with Crippen LogP contribution in [0.3, 0.4) is 0 Å². The molecule has 0 radical (unpaired) electrons. The van der Waals surface area contributed by atoms with Crippen LogP contribution in [0.4, 0.5) is 5.69 Å². The first-order valence-electron chi connectivity index (χ1n) is 7.01. The molecule has 5 nitrogen and oxygen atoms in total. The number of nitrogens with zero attached hydrogens (tertiary/aromatic N) is 2. The number of anilines is 1. The second-order valence-electron chi connectivity index (χ2n) is 5.52. The Balaban J connectivity index is 1.83. The Labute approximate surface area is 118 Å². The third-order valence-electron chi connectivity index (χ3n) is 4.11. The highest BCUT2D eigenvalue weighted by Crippen LogP contribution is 2.33. The normalized spacial score (nSPS) is 23.1. The first kappa shape index (κ1) is 13.1. The lowest BCUT2D eigenvalue weighted by Crippen LogP contribution is -2.49. The average Bonchev–Trinajstić information content (AvgIpc) is 2.46. The molecule has 1 unspecified atom stereocenters. The fraction of sp³-hybridized carbons (Fsp3) is 0.467. The van der Waals surface area contributed by atoms with E-state index in [4.69, 9.17) is 0 Å². The van der Waals surface area contributed by atoms with E-state index < -0.39 is 0 Å². The third-order valence-corrected chi connectivity index (χ3v) is 4.11. The minimum absolute atomic E-state index is 0.0730. The molecule has 5 heteroatoms. The zero-order chi connectivity index (χ0) is 14.1. The van der Waals surface area contributed by atoms with Gasteiger partial charge >= 0.3 is 0 Å². The van der Waals surface area contributed by atoms with Gasteiger partial charge in [-0.15, -0.1) is 0 Å². The minimum Gasteiger partial charge on any atom is -0.340 e. The van der Waals surface area contributed by atoms with E-state index in [0.29, 0.717) is 0 Å². The molecule has 0 bridgehead atoms. The number of nitrogens with one attached hydrogen (secondary N) is 1. The minimum atomic E-state index is -0.330. The van der Waals surface area contributed by atoms with Gasteiger partial charge < -0.3 is 15.1 Å². The summed E-state index contributed by atoms with van der Waals surface area (Å²) in [7, 11) is 2.06. The van der Waals surface area contributed by atoms with E-state index in [9.17, 15) is 9.59 Å². The third kappa shape index (κ3) is 2.41. The fourth-order valence-electron chi connectivity index (χ4n) is 2.88. The Hall–Kier alpha value is -1.88. The molecular weight excluding hydrogens is 254 g/mol. The summed E-state index contributed by atoms with van der Waals surface area (Å²) in [6.07, 6.45) is 0.252. The predicted molar refractivity (Wildman–Crippen MR) is 76.5 cm³/mol. The summed E-state index contributed by atoms with van der Waals surface area (Å²) in [5.41, 5.74) is 1.72. The molecule has 2 amide bonds. The summed E-state index contributed by atoms with van der Waals surface area (Å²) in [6.45, 7) is 3.28. The molecule has 20 heavy (non-hydrogen) atoms. The van der Waals surface area contributed by atoms with E-state index in [-0.39, 0.29) is 24.2 Å². The summed E-state index contributed by atoms with van der Waals surface area (Å²) in [4.78, 5) is 28.6. The van der Waals surface area contributed by atoms with Crippen molar-refractivity contribution >= 4 is 17.5 Å². The molecule has 1 aromatic carbocycles. The number of hydrogen-bond acceptors (Lipinski definition) is 3. The van der Waals surface area contributed by atoms with E-state index in [1.54, 1.807) is 0 Å². The molecular formula is C15H19N3O2. The highest BCUT2D eigenvalue weighted by Gasteiger charge is 2.33. The quantitative estimate of drug-likeness (QED) is 0.826. The maximum absolute atomic E-state index is 12.7. The summed E-state index contributed by atoms with van der Waals surface area (Å²) in [6, 6.07) is 7.59. The fourth-order valence-corrected chi connectivity index (χ4v) is 2.88. The number of fused-ring (bicyclic) bond motifs is 1. The second-order valence-corrected chi connectivity index (χ2v) is 5.52.